The minimum atomic E-state index is -1.04. The van der Waals surface area contributed by atoms with E-state index < -0.39 is 5.97 Å². The maximum atomic E-state index is 10.8. The fourth-order valence-corrected chi connectivity index (χ4v) is 1.83. The van der Waals surface area contributed by atoms with E-state index in [1.807, 2.05) is 13.0 Å². The Morgan fingerprint density at radius 3 is 2.37 bits per heavy atom. The van der Waals surface area contributed by atoms with E-state index in [0.29, 0.717) is 17.2 Å². The van der Waals surface area contributed by atoms with Gasteiger partial charge < -0.3 is 14.6 Å². The number of aromatic nitrogens is 2. The number of carboxylic acids is 1. The van der Waals surface area contributed by atoms with Gasteiger partial charge in [0.2, 0.25) is 0 Å². The monoisotopic (exact) mass is 262 g/mol. The Kier molecular flexibility index (Phi) is 3.41. The van der Waals surface area contributed by atoms with Crippen LogP contribution in [0.15, 0.2) is 18.2 Å². The summed E-state index contributed by atoms with van der Waals surface area (Å²) in [6.07, 6.45) is 0. The van der Waals surface area contributed by atoms with E-state index in [1.54, 1.807) is 20.3 Å². The highest BCUT2D eigenvalue weighted by molar-refractivity contribution is 5.87. The zero-order chi connectivity index (χ0) is 14.0. The molecule has 0 aliphatic carbocycles. The summed E-state index contributed by atoms with van der Waals surface area (Å²) in [5.41, 5.74) is 2.31. The Balaban J connectivity index is 2.51. The van der Waals surface area contributed by atoms with Crippen LogP contribution in [0.4, 0.5) is 0 Å². The summed E-state index contributed by atoms with van der Waals surface area (Å²) in [5, 5.41) is 15.4. The molecule has 0 bridgehead atoms. The highest BCUT2D eigenvalue weighted by Crippen LogP contribution is 2.34. The van der Waals surface area contributed by atoms with E-state index in [-0.39, 0.29) is 5.69 Å². The first kappa shape index (κ1) is 12.9. The minimum Gasteiger partial charge on any atom is -0.493 e. The van der Waals surface area contributed by atoms with Crippen LogP contribution < -0.4 is 9.47 Å². The molecule has 6 heteroatoms. The van der Waals surface area contributed by atoms with Crippen LogP contribution >= 0.6 is 0 Å². The second kappa shape index (κ2) is 5.01. The molecule has 2 aromatic rings. The molecule has 2 N–H and O–H groups in total. The van der Waals surface area contributed by atoms with Gasteiger partial charge >= 0.3 is 5.97 Å². The molecule has 0 aliphatic heterocycles. The van der Waals surface area contributed by atoms with Gasteiger partial charge in [-0.3, -0.25) is 5.10 Å². The number of carboxylic acid groups (broad SMARTS) is 1. The van der Waals surface area contributed by atoms with Crippen LogP contribution in [-0.2, 0) is 0 Å². The van der Waals surface area contributed by atoms with E-state index in [0.717, 1.165) is 11.1 Å². The van der Waals surface area contributed by atoms with Gasteiger partial charge in [0.15, 0.2) is 11.5 Å². The molecule has 100 valence electrons. The normalized spacial score (nSPS) is 10.3. The van der Waals surface area contributed by atoms with Crippen molar-refractivity contribution in [2.24, 2.45) is 0 Å². The number of aromatic carboxylic acids is 1. The van der Waals surface area contributed by atoms with Crippen molar-refractivity contribution in [3.63, 3.8) is 0 Å². The smallest absolute Gasteiger partial charge is 0.353 e. The summed E-state index contributed by atoms with van der Waals surface area (Å²) < 4.78 is 10.4. The van der Waals surface area contributed by atoms with Crippen molar-refractivity contribution in [1.82, 2.24) is 10.2 Å². The van der Waals surface area contributed by atoms with Crippen LogP contribution in [0.5, 0.6) is 11.5 Å². The number of nitrogens with one attached hydrogen (secondary N) is 1. The third kappa shape index (κ3) is 2.37. The molecule has 2 rings (SSSR count). The quantitative estimate of drug-likeness (QED) is 0.881. The van der Waals surface area contributed by atoms with Crippen molar-refractivity contribution in [1.29, 1.82) is 0 Å². The first-order valence-electron chi connectivity index (χ1n) is 5.58. The Bertz CT molecular complexity index is 619. The predicted molar refractivity (Wildman–Crippen MR) is 68.8 cm³/mol. The Labute approximate surface area is 110 Å². The molecular formula is C13H14N2O4. The maximum absolute atomic E-state index is 10.8. The van der Waals surface area contributed by atoms with Crippen LogP contribution in [0.25, 0.3) is 11.3 Å². The lowest BCUT2D eigenvalue weighted by Gasteiger charge is -2.11. The average Bonchev–Trinajstić information content (AvgIpc) is 2.87. The van der Waals surface area contributed by atoms with E-state index in [9.17, 15) is 4.79 Å². The zero-order valence-corrected chi connectivity index (χ0v) is 10.9. The summed E-state index contributed by atoms with van der Waals surface area (Å²) in [5.74, 6) is 0.151. The second-order valence-electron chi connectivity index (χ2n) is 3.99. The molecule has 0 spiro atoms. The lowest BCUT2D eigenvalue weighted by atomic mass is 10.0. The maximum Gasteiger partial charge on any atom is 0.353 e. The van der Waals surface area contributed by atoms with Crippen LogP contribution in [0.1, 0.15) is 16.1 Å². The van der Waals surface area contributed by atoms with Crippen LogP contribution in [-0.4, -0.2) is 35.5 Å². The molecule has 1 heterocycles. The highest BCUT2D eigenvalue weighted by Gasteiger charge is 2.14. The van der Waals surface area contributed by atoms with Crippen LogP contribution in [0, 0.1) is 6.92 Å². The number of aryl methyl sites for hydroxylation is 1. The molecule has 0 atom stereocenters. The number of methoxy groups -OCH3 is 2. The van der Waals surface area contributed by atoms with Crippen molar-refractivity contribution in [3.8, 4) is 22.8 Å². The molecule has 19 heavy (non-hydrogen) atoms. The predicted octanol–water partition coefficient (Wildman–Crippen LogP) is 2.10. The Hall–Kier alpha value is -2.50. The van der Waals surface area contributed by atoms with Gasteiger partial charge in [-0.2, -0.15) is 5.10 Å². The van der Waals surface area contributed by atoms with Crippen molar-refractivity contribution >= 4 is 5.97 Å². The van der Waals surface area contributed by atoms with Crippen molar-refractivity contribution in [2.45, 2.75) is 6.92 Å². The molecule has 6 nitrogen and oxygen atoms in total. The zero-order valence-electron chi connectivity index (χ0n) is 10.9. The second-order valence-corrected chi connectivity index (χ2v) is 3.99. The molecule has 0 fully saturated rings. The van der Waals surface area contributed by atoms with E-state index in [2.05, 4.69) is 10.2 Å². The van der Waals surface area contributed by atoms with Crippen molar-refractivity contribution in [2.75, 3.05) is 14.2 Å². The first-order valence-corrected chi connectivity index (χ1v) is 5.58. The molecule has 0 saturated heterocycles. The molecule has 0 amide bonds. The van der Waals surface area contributed by atoms with Gasteiger partial charge in [0.1, 0.15) is 5.69 Å². The third-order valence-corrected chi connectivity index (χ3v) is 2.81. The van der Waals surface area contributed by atoms with Gasteiger partial charge in [-0.15, -0.1) is 0 Å². The van der Waals surface area contributed by atoms with Crippen molar-refractivity contribution in [3.05, 3.63) is 29.5 Å². The molecule has 0 aliphatic rings. The number of carbonyl (C=O) groups is 1. The van der Waals surface area contributed by atoms with Gasteiger partial charge in [-0.1, -0.05) is 0 Å². The number of aromatic amines is 1. The molecule has 1 aromatic carbocycles. The lowest BCUT2D eigenvalue weighted by Crippen LogP contribution is -1.95. The number of hydrogen-bond acceptors (Lipinski definition) is 4. The number of benzene rings is 1. The summed E-state index contributed by atoms with van der Waals surface area (Å²) in [6, 6.07) is 5.08. The number of ether oxygens (including phenoxy) is 2. The number of rotatable bonds is 4. The van der Waals surface area contributed by atoms with Gasteiger partial charge in [-0.25, -0.2) is 4.79 Å². The minimum absolute atomic E-state index is 0.0455. The SMILES string of the molecule is COc1cc(C)c(-c2cc(C(=O)O)[nH]n2)cc1OC. The van der Waals surface area contributed by atoms with E-state index in [4.69, 9.17) is 14.6 Å². The fraction of sp³-hybridized carbons (Fsp3) is 0.231. The number of H-pyrrole nitrogens is 1. The highest BCUT2D eigenvalue weighted by atomic mass is 16.5. The van der Waals surface area contributed by atoms with E-state index in [1.165, 1.54) is 6.07 Å². The van der Waals surface area contributed by atoms with Gasteiger partial charge in [0, 0.05) is 5.56 Å². The van der Waals surface area contributed by atoms with E-state index >= 15 is 0 Å². The topological polar surface area (TPSA) is 84.4 Å². The Morgan fingerprint density at radius 1 is 1.21 bits per heavy atom. The van der Waals surface area contributed by atoms with Gasteiger partial charge in [-0.05, 0) is 30.7 Å². The number of nitrogens with zero attached hydrogens (tertiary/aromatic N) is 1. The number of hydrogen-bond donors (Lipinski definition) is 2. The van der Waals surface area contributed by atoms with Crippen LogP contribution in [0.2, 0.25) is 0 Å². The molecule has 0 unspecified atom stereocenters. The molecule has 0 radical (unpaired) electrons. The molecule has 0 saturated carbocycles. The summed E-state index contributed by atoms with van der Waals surface area (Å²) in [6.45, 7) is 1.90. The molecule has 1 aromatic heterocycles. The first-order chi connectivity index (χ1) is 9.06. The summed E-state index contributed by atoms with van der Waals surface area (Å²) in [4.78, 5) is 10.8. The summed E-state index contributed by atoms with van der Waals surface area (Å²) in [7, 11) is 3.11. The van der Waals surface area contributed by atoms with Crippen LogP contribution in [0.3, 0.4) is 0 Å². The average molecular weight is 262 g/mol. The standard InChI is InChI=1S/C13H14N2O4/c1-7-4-11(18-2)12(19-3)5-8(7)9-6-10(13(16)17)15-14-9/h4-6H,1-3H3,(H,14,15)(H,16,17). The molecular weight excluding hydrogens is 248 g/mol. The fourth-order valence-electron chi connectivity index (χ4n) is 1.83. The van der Waals surface area contributed by atoms with Gasteiger partial charge in [0.05, 0.1) is 19.9 Å². The largest absolute Gasteiger partial charge is 0.493 e. The van der Waals surface area contributed by atoms with Crippen molar-refractivity contribution < 1.29 is 19.4 Å². The summed E-state index contributed by atoms with van der Waals surface area (Å²) >= 11 is 0. The van der Waals surface area contributed by atoms with Gasteiger partial charge in [0.25, 0.3) is 0 Å². The third-order valence-electron chi connectivity index (χ3n) is 2.81. The Morgan fingerprint density at radius 2 is 1.84 bits per heavy atom. The lowest BCUT2D eigenvalue weighted by molar-refractivity contribution is 0.0690.